The van der Waals surface area contributed by atoms with Gasteiger partial charge in [-0.3, -0.25) is 9.78 Å². The third-order valence-electron chi connectivity index (χ3n) is 2.94. The molecule has 0 aliphatic heterocycles. The largest absolute Gasteiger partial charge is 0.497 e. The molecule has 0 spiro atoms. The lowest BCUT2D eigenvalue weighted by Crippen LogP contribution is -2.32. The van der Waals surface area contributed by atoms with Crippen LogP contribution in [0.3, 0.4) is 0 Å². The summed E-state index contributed by atoms with van der Waals surface area (Å²) in [5.74, 6) is -0.251. The zero-order chi connectivity index (χ0) is 14.5. The maximum Gasteiger partial charge on any atom is 0.320 e. The number of methoxy groups -OCH3 is 1. The number of ether oxygens (including phenoxy) is 1. The van der Waals surface area contributed by atoms with Crippen LogP contribution < -0.4 is 10.5 Å². The first kappa shape index (κ1) is 14.0. The first-order valence-corrected chi connectivity index (χ1v) is 6.19. The normalized spacial score (nSPS) is 11.9. The molecule has 5 heteroatoms. The summed E-state index contributed by atoms with van der Waals surface area (Å²) in [6.07, 6.45) is 0.208. The molecular weight excluding hydrogens is 256 g/mol. The molecule has 1 atom stereocenters. The van der Waals surface area contributed by atoms with E-state index in [4.69, 9.17) is 15.6 Å². The number of nitrogens with zero attached hydrogens (tertiary/aromatic N) is 1. The van der Waals surface area contributed by atoms with E-state index in [9.17, 15) is 4.79 Å². The highest BCUT2D eigenvalue weighted by Crippen LogP contribution is 2.21. The summed E-state index contributed by atoms with van der Waals surface area (Å²) in [7, 11) is 1.61. The van der Waals surface area contributed by atoms with Gasteiger partial charge in [-0.05, 0) is 36.4 Å². The van der Waals surface area contributed by atoms with E-state index in [-0.39, 0.29) is 6.42 Å². The van der Waals surface area contributed by atoms with E-state index in [2.05, 4.69) is 4.98 Å². The molecular formula is C15H16N2O3. The second-order valence-corrected chi connectivity index (χ2v) is 4.39. The number of pyridine rings is 1. The molecule has 0 radical (unpaired) electrons. The van der Waals surface area contributed by atoms with E-state index in [1.807, 2.05) is 36.4 Å². The molecule has 20 heavy (non-hydrogen) atoms. The third kappa shape index (κ3) is 3.33. The number of carbonyl (C=O) groups is 1. The second kappa shape index (κ2) is 6.16. The Balaban J connectivity index is 2.22. The fraction of sp³-hybridized carbons (Fsp3) is 0.200. The van der Waals surface area contributed by atoms with Crippen LogP contribution in [0.15, 0.2) is 42.5 Å². The Hall–Kier alpha value is -2.40. The molecule has 0 amide bonds. The van der Waals surface area contributed by atoms with Crippen molar-refractivity contribution in [1.82, 2.24) is 4.98 Å². The van der Waals surface area contributed by atoms with Gasteiger partial charge in [0.1, 0.15) is 11.8 Å². The Morgan fingerprint density at radius 3 is 2.60 bits per heavy atom. The number of carboxylic acid groups (broad SMARTS) is 1. The number of hydrogen-bond donors (Lipinski definition) is 2. The average Bonchev–Trinajstić information content (AvgIpc) is 2.47. The number of carboxylic acids is 1. The number of benzene rings is 1. The van der Waals surface area contributed by atoms with E-state index < -0.39 is 12.0 Å². The van der Waals surface area contributed by atoms with Gasteiger partial charge in [-0.25, -0.2) is 0 Å². The van der Waals surface area contributed by atoms with Crippen molar-refractivity contribution in [3.8, 4) is 17.0 Å². The molecule has 1 unspecified atom stereocenters. The van der Waals surface area contributed by atoms with E-state index in [0.29, 0.717) is 5.69 Å². The van der Waals surface area contributed by atoms with Gasteiger partial charge in [0.25, 0.3) is 0 Å². The minimum absolute atomic E-state index is 0.208. The SMILES string of the molecule is COc1ccc(-c2cccc(CC(N)C(=O)O)n2)cc1. The lowest BCUT2D eigenvalue weighted by molar-refractivity contribution is -0.138. The van der Waals surface area contributed by atoms with Crippen LogP contribution >= 0.6 is 0 Å². The van der Waals surface area contributed by atoms with Gasteiger partial charge in [-0.1, -0.05) is 6.07 Å². The summed E-state index contributed by atoms with van der Waals surface area (Å²) in [5, 5.41) is 8.82. The quantitative estimate of drug-likeness (QED) is 0.865. The molecule has 104 valence electrons. The molecule has 1 heterocycles. The highest BCUT2D eigenvalue weighted by molar-refractivity contribution is 5.73. The van der Waals surface area contributed by atoms with Crippen LogP contribution in [0.25, 0.3) is 11.3 Å². The summed E-state index contributed by atoms with van der Waals surface area (Å²) in [6.45, 7) is 0. The standard InChI is InChI=1S/C15H16N2O3/c1-20-12-7-5-10(6-8-12)14-4-2-3-11(17-14)9-13(16)15(18)19/h2-8,13H,9,16H2,1H3,(H,18,19). The topological polar surface area (TPSA) is 85.4 Å². The highest BCUT2D eigenvalue weighted by Gasteiger charge is 2.13. The van der Waals surface area contributed by atoms with Gasteiger partial charge in [0.05, 0.1) is 12.8 Å². The molecule has 2 rings (SSSR count). The smallest absolute Gasteiger partial charge is 0.320 e. The monoisotopic (exact) mass is 272 g/mol. The summed E-state index contributed by atoms with van der Waals surface area (Å²) >= 11 is 0. The summed E-state index contributed by atoms with van der Waals surface area (Å²) in [4.78, 5) is 15.2. The van der Waals surface area contributed by atoms with Crippen LogP contribution in [0.1, 0.15) is 5.69 Å². The minimum atomic E-state index is -1.03. The molecule has 0 aliphatic rings. The molecule has 2 aromatic rings. The van der Waals surface area contributed by atoms with Crippen molar-refractivity contribution in [2.75, 3.05) is 7.11 Å². The van der Waals surface area contributed by atoms with Crippen molar-refractivity contribution in [2.45, 2.75) is 12.5 Å². The average molecular weight is 272 g/mol. The Kier molecular flexibility index (Phi) is 4.32. The predicted molar refractivity (Wildman–Crippen MR) is 75.5 cm³/mol. The fourth-order valence-corrected chi connectivity index (χ4v) is 1.83. The van der Waals surface area contributed by atoms with Gasteiger partial charge in [0.15, 0.2) is 0 Å². The van der Waals surface area contributed by atoms with Crippen LogP contribution in [0.2, 0.25) is 0 Å². The molecule has 0 fully saturated rings. The molecule has 1 aromatic carbocycles. The van der Waals surface area contributed by atoms with Crippen LogP contribution in [0, 0.1) is 0 Å². The Labute approximate surface area is 117 Å². The van der Waals surface area contributed by atoms with Crippen molar-refractivity contribution < 1.29 is 14.6 Å². The predicted octanol–water partition coefficient (Wildman–Crippen LogP) is 1.71. The molecule has 1 aromatic heterocycles. The van der Waals surface area contributed by atoms with Crippen molar-refractivity contribution >= 4 is 5.97 Å². The van der Waals surface area contributed by atoms with Crippen molar-refractivity contribution in [2.24, 2.45) is 5.73 Å². The first-order valence-electron chi connectivity index (χ1n) is 6.19. The van der Waals surface area contributed by atoms with Crippen molar-refractivity contribution in [1.29, 1.82) is 0 Å². The number of aliphatic carboxylic acids is 1. The van der Waals surface area contributed by atoms with Gasteiger partial charge in [-0.15, -0.1) is 0 Å². The minimum Gasteiger partial charge on any atom is -0.497 e. The van der Waals surface area contributed by atoms with E-state index in [0.717, 1.165) is 17.0 Å². The zero-order valence-corrected chi connectivity index (χ0v) is 11.1. The van der Waals surface area contributed by atoms with Gasteiger partial charge in [-0.2, -0.15) is 0 Å². The Morgan fingerprint density at radius 2 is 2.00 bits per heavy atom. The lowest BCUT2D eigenvalue weighted by atomic mass is 10.1. The van der Waals surface area contributed by atoms with E-state index >= 15 is 0 Å². The van der Waals surface area contributed by atoms with Gasteiger partial charge in [0, 0.05) is 17.7 Å². The zero-order valence-electron chi connectivity index (χ0n) is 11.1. The second-order valence-electron chi connectivity index (χ2n) is 4.39. The van der Waals surface area contributed by atoms with Gasteiger partial charge >= 0.3 is 5.97 Å². The molecule has 0 bridgehead atoms. The van der Waals surface area contributed by atoms with Crippen LogP contribution in [-0.2, 0) is 11.2 Å². The lowest BCUT2D eigenvalue weighted by Gasteiger charge is -2.08. The number of hydrogen-bond acceptors (Lipinski definition) is 4. The van der Waals surface area contributed by atoms with Gasteiger partial charge < -0.3 is 15.6 Å². The van der Waals surface area contributed by atoms with Crippen molar-refractivity contribution in [3.63, 3.8) is 0 Å². The highest BCUT2D eigenvalue weighted by atomic mass is 16.5. The Bertz CT molecular complexity index is 596. The van der Waals surface area contributed by atoms with Crippen LogP contribution in [0.4, 0.5) is 0 Å². The maximum atomic E-state index is 10.8. The third-order valence-corrected chi connectivity index (χ3v) is 2.94. The maximum absolute atomic E-state index is 10.8. The molecule has 3 N–H and O–H groups in total. The summed E-state index contributed by atoms with van der Waals surface area (Å²) < 4.78 is 5.11. The fourth-order valence-electron chi connectivity index (χ4n) is 1.83. The van der Waals surface area contributed by atoms with Gasteiger partial charge in [0.2, 0.25) is 0 Å². The van der Waals surface area contributed by atoms with E-state index in [1.165, 1.54) is 0 Å². The van der Waals surface area contributed by atoms with E-state index in [1.54, 1.807) is 13.2 Å². The first-order chi connectivity index (χ1) is 9.60. The molecule has 0 saturated carbocycles. The van der Waals surface area contributed by atoms with Crippen LogP contribution in [-0.4, -0.2) is 29.2 Å². The number of aromatic nitrogens is 1. The van der Waals surface area contributed by atoms with Crippen molar-refractivity contribution in [3.05, 3.63) is 48.2 Å². The van der Waals surface area contributed by atoms with Crippen LogP contribution in [0.5, 0.6) is 5.75 Å². The number of rotatable bonds is 5. The molecule has 5 nitrogen and oxygen atoms in total. The summed E-state index contributed by atoms with van der Waals surface area (Å²) in [6, 6.07) is 12.1. The summed E-state index contributed by atoms with van der Waals surface area (Å²) in [5.41, 5.74) is 7.90. The Morgan fingerprint density at radius 1 is 1.30 bits per heavy atom. The number of nitrogens with two attached hydrogens (primary N) is 1. The molecule has 0 aliphatic carbocycles. The molecule has 0 saturated heterocycles.